The minimum atomic E-state index is -0.824. The van der Waals surface area contributed by atoms with Gasteiger partial charge in [-0.3, -0.25) is 0 Å². The highest BCUT2D eigenvalue weighted by Gasteiger charge is 2.02. The molecule has 1 heterocycles. The summed E-state index contributed by atoms with van der Waals surface area (Å²) >= 11 is 1.66. The van der Waals surface area contributed by atoms with E-state index in [0.717, 1.165) is 6.54 Å². The van der Waals surface area contributed by atoms with Gasteiger partial charge in [-0.25, -0.2) is 4.79 Å². The number of carbonyl (C=O) groups is 1. The van der Waals surface area contributed by atoms with Gasteiger partial charge in [0.25, 0.3) is 0 Å². The highest BCUT2D eigenvalue weighted by Crippen LogP contribution is 2.05. The first-order valence-corrected chi connectivity index (χ1v) is 5.82. The zero-order chi connectivity index (χ0) is 11.1. The minimum absolute atomic E-state index is 0.466. The Labute approximate surface area is 93.4 Å². The van der Waals surface area contributed by atoms with E-state index >= 15 is 0 Å². The summed E-state index contributed by atoms with van der Waals surface area (Å²) in [4.78, 5) is 10.7. The molecule has 0 aliphatic rings. The molecule has 0 amide bonds. The van der Waals surface area contributed by atoms with Crippen molar-refractivity contribution >= 4 is 17.3 Å². The number of carboxylic acid groups (broad SMARTS) is 1. The second kappa shape index (κ2) is 6.37. The molecule has 0 saturated heterocycles. The lowest BCUT2D eigenvalue weighted by molar-refractivity contribution is -0.132. The van der Waals surface area contributed by atoms with Crippen LogP contribution in [-0.4, -0.2) is 17.6 Å². The molecule has 0 aliphatic carbocycles. The van der Waals surface area contributed by atoms with Gasteiger partial charge in [0.15, 0.2) is 0 Å². The molecule has 1 aromatic rings. The maximum absolute atomic E-state index is 10.7. The molecule has 1 rings (SSSR count). The Bertz CT molecular complexity index is 330. The lowest BCUT2D eigenvalue weighted by atomic mass is 10.2. The second-order valence-electron chi connectivity index (χ2n) is 3.15. The van der Waals surface area contributed by atoms with Crippen LogP contribution in [0.25, 0.3) is 0 Å². The molecular weight excluding hydrogens is 210 g/mol. The molecule has 4 heteroatoms. The molecule has 0 aromatic carbocycles. The van der Waals surface area contributed by atoms with E-state index in [1.165, 1.54) is 5.56 Å². The average molecular weight is 225 g/mol. The molecule has 0 atom stereocenters. The Balaban J connectivity index is 2.28. The van der Waals surface area contributed by atoms with Crippen molar-refractivity contribution in [2.24, 2.45) is 0 Å². The first-order chi connectivity index (χ1) is 7.24. The van der Waals surface area contributed by atoms with E-state index in [-0.39, 0.29) is 0 Å². The predicted octanol–water partition coefficient (Wildman–Crippen LogP) is 2.26. The zero-order valence-corrected chi connectivity index (χ0v) is 9.51. The summed E-state index contributed by atoms with van der Waals surface area (Å²) in [6, 6.07) is 2.05. The lowest BCUT2D eigenvalue weighted by Crippen LogP contribution is -2.14. The number of hydrogen-bond donors (Lipinski definition) is 2. The van der Waals surface area contributed by atoms with Crippen molar-refractivity contribution in [1.29, 1.82) is 0 Å². The van der Waals surface area contributed by atoms with E-state index < -0.39 is 5.97 Å². The third-order valence-corrected chi connectivity index (χ3v) is 2.79. The third-order valence-electron chi connectivity index (χ3n) is 2.06. The number of hydrogen-bond acceptors (Lipinski definition) is 3. The molecule has 0 aliphatic heterocycles. The van der Waals surface area contributed by atoms with Gasteiger partial charge >= 0.3 is 5.97 Å². The average Bonchev–Trinajstić information content (AvgIpc) is 2.70. The molecule has 0 bridgehead atoms. The monoisotopic (exact) mass is 225 g/mol. The molecule has 2 N–H and O–H groups in total. The molecular formula is C11H15NO2S. The van der Waals surface area contributed by atoms with E-state index in [1.54, 1.807) is 17.4 Å². The SMILES string of the molecule is CC/C(=C/CNCc1ccsc1)C(=O)O. The van der Waals surface area contributed by atoms with Crippen molar-refractivity contribution in [3.63, 3.8) is 0 Å². The van der Waals surface area contributed by atoms with Crippen molar-refractivity contribution in [1.82, 2.24) is 5.32 Å². The molecule has 0 saturated carbocycles. The van der Waals surface area contributed by atoms with Crippen molar-refractivity contribution in [2.45, 2.75) is 19.9 Å². The van der Waals surface area contributed by atoms with Crippen LogP contribution in [0.2, 0.25) is 0 Å². The number of aliphatic carboxylic acids is 1. The van der Waals surface area contributed by atoms with Crippen LogP contribution in [0.5, 0.6) is 0 Å². The van der Waals surface area contributed by atoms with Gasteiger partial charge in [-0.1, -0.05) is 13.0 Å². The molecule has 3 nitrogen and oxygen atoms in total. The van der Waals surface area contributed by atoms with Gasteiger partial charge in [0.2, 0.25) is 0 Å². The van der Waals surface area contributed by atoms with Crippen LogP contribution in [0.4, 0.5) is 0 Å². The van der Waals surface area contributed by atoms with Gasteiger partial charge in [-0.05, 0) is 28.8 Å². The summed E-state index contributed by atoms with van der Waals surface area (Å²) in [5, 5.41) is 16.0. The molecule has 0 spiro atoms. The van der Waals surface area contributed by atoms with Crippen LogP contribution in [0.1, 0.15) is 18.9 Å². The number of thiophene rings is 1. The fourth-order valence-corrected chi connectivity index (χ4v) is 1.86. The van der Waals surface area contributed by atoms with Gasteiger partial charge in [0.1, 0.15) is 0 Å². The van der Waals surface area contributed by atoms with Gasteiger partial charge in [-0.2, -0.15) is 11.3 Å². The van der Waals surface area contributed by atoms with E-state index in [1.807, 2.05) is 12.3 Å². The van der Waals surface area contributed by atoms with Crippen molar-refractivity contribution in [3.05, 3.63) is 34.0 Å². The number of rotatable bonds is 6. The van der Waals surface area contributed by atoms with Gasteiger partial charge in [0.05, 0.1) is 0 Å². The van der Waals surface area contributed by atoms with E-state index in [9.17, 15) is 4.79 Å². The van der Waals surface area contributed by atoms with Crippen molar-refractivity contribution in [3.8, 4) is 0 Å². The van der Waals surface area contributed by atoms with Gasteiger partial charge in [-0.15, -0.1) is 0 Å². The number of nitrogens with one attached hydrogen (secondary N) is 1. The molecule has 1 aromatic heterocycles. The van der Waals surface area contributed by atoms with Crippen LogP contribution in [0, 0.1) is 0 Å². The van der Waals surface area contributed by atoms with Crippen LogP contribution < -0.4 is 5.32 Å². The minimum Gasteiger partial charge on any atom is -0.478 e. The standard InChI is InChI=1S/C11H15NO2S/c1-2-10(11(13)14)3-5-12-7-9-4-6-15-8-9/h3-4,6,8,12H,2,5,7H2,1H3,(H,13,14)/b10-3-. The summed E-state index contributed by atoms with van der Waals surface area (Å²) in [6.45, 7) is 3.24. The van der Waals surface area contributed by atoms with E-state index in [4.69, 9.17) is 5.11 Å². The molecule has 0 radical (unpaired) electrons. The molecule has 82 valence electrons. The Morgan fingerprint density at radius 1 is 1.67 bits per heavy atom. The molecule has 15 heavy (non-hydrogen) atoms. The first-order valence-electron chi connectivity index (χ1n) is 4.88. The van der Waals surface area contributed by atoms with Crippen LogP contribution in [0.3, 0.4) is 0 Å². The first kappa shape index (κ1) is 11.9. The topological polar surface area (TPSA) is 49.3 Å². The van der Waals surface area contributed by atoms with E-state index in [0.29, 0.717) is 18.5 Å². The summed E-state index contributed by atoms with van der Waals surface area (Å²) in [5.41, 5.74) is 1.70. The summed E-state index contributed by atoms with van der Waals surface area (Å²) in [5.74, 6) is -0.824. The highest BCUT2D eigenvalue weighted by atomic mass is 32.1. The Hall–Kier alpha value is -1.13. The highest BCUT2D eigenvalue weighted by molar-refractivity contribution is 7.07. The van der Waals surface area contributed by atoms with Crippen LogP contribution in [-0.2, 0) is 11.3 Å². The predicted molar refractivity (Wildman–Crippen MR) is 62.0 cm³/mol. The summed E-state index contributed by atoms with van der Waals surface area (Å²) in [6.07, 6.45) is 2.30. The fraction of sp³-hybridized carbons (Fsp3) is 0.364. The van der Waals surface area contributed by atoms with Crippen LogP contribution in [0.15, 0.2) is 28.5 Å². The Morgan fingerprint density at radius 2 is 2.47 bits per heavy atom. The second-order valence-corrected chi connectivity index (χ2v) is 3.93. The summed E-state index contributed by atoms with van der Waals surface area (Å²) in [7, 11) is 0. The molecule has 0 unspecified atom stereocenters. The maximum atomic E-state index is 10.7. The normalized spacial score (nSPS) is 11.7. The largest absolute Gasteiger partial charge is 0.478 e. The summed E-state index contributed by atoms with van der Waals surface area (Å²) < 4.78 is 0. The van der Waals surface area contributed by atoms with Crippen LogP contribution >= 0.6 is 11.3 Å². The lowest BCUT2D eigenvalue weighted by Gasteiger charge is -2.00. The maximum Gasteiger partial charge on any atom is 0.331 e. The fourth-order valence-electron chi connectivity index (χ4n) is 1.19. The zero-order valence-electron chi connectivity index (χ0n) is 8.69. The third kappa shape index (κ3) is 4.27. The smallest absolute Gasteiger partial charge is 0.331 e. The van der Waals surface area contributed by atoms with Crippen molar-refractivity contribution in [2.75, 3.05) is 6.54 Å². The molecule has 0 fully saturated rings. The number of carboxylic acids is 1. The van der Waals surface area contributed by atoms with Crippen molar-refractivity contribution < 1.29 is 9.90 Å². The Morgan fingerprint density at radius 3 is 3.00 bits per heavy atom. The Kier molecular flexibility index (Phi) is 5.07. The van der Waals surface area contributed by atoms with Gasteiger partial charge < -0.3 is 10.4 Å². The quantitative estimate of drug-likeness (QED) is 0.576. The van der Waals surface area contributed by atoms with Gasteiger partial charge in [0, 0.05) is 18.7 Å². The van der Waals surface area contributed by atoms with E-state index in [2.05, 4.69) is 16.8 Å².